The summed E-state index contributed by atoms with van der Waals surface area (Å²) in [4.78, 5) is 29.6. The summed E-state index contributed by atoms with van der Waals surface area (Å²) in [5.41, 5.74) is 3.62. The molecule has 5 heteroatoms. The predicted molar refractivity (Wildman–Crippen MR) is 95.5 cm³/mol. The molecule has 0 unspecified atom stereocenters. The second kappa shape index (κ2) is 8.06. The minimum Gasteiger partial charge on any atom is -0.333 e. The molecule has 1 aromatic heterocycles. The normalized spacial score (nSPS) is 10.6. The van der Waals surface area contributed by atoms with E-state index in [9.17, 15) is 9.59 Å². The maximum atomic E-state index is 12.2. The van der Waals surface area contributed by atoms with Gasteiger partial charge in [0.1, 0.15) is 0 Å². The second-order valence-electron chi connectivity index (χ2n) is 5.63. The molecule has 0 aliphatic heterocycles. The Kier molecular flexibility index (Phi) is 5.84. The molecule has 0 aliphatic rings. The molecule has 1 heterocycles. The fourth-order valence-electron chi connectivity index (χ4n) is 2.25. The first kappa shape index (κ1) is 17.4. The van der Waals surface area contributed by atoms with Crippen molar-refractivity contribution in [3.63, 3.8) is 0 Å². The lowest BCUT2D eigenvalue weighted by Crippen LogP contribution is -2.34. The van der Waals surface area contributed by atoms with Crippen LogP contribution in [0.25, 0.3) is 6.08 Å². The number of benzene rings is 1. The maximum absolute atomic E-state index is 12.2. The van der Waals surface area contributed by atoms with Crippen LogP contribution in [-0.4, -0.2) is 35.3 Å². The molecular formula is C19H21N3O2. The van der Waals surface area contributed by atoms with Crippen LogP contribution in [-0.2, 0) is 9.59 Å². The first-order valence-electron chi connectivity index (χ1n) is 7.66. The van der Waals surface area contributed by atoms with Gasteiger partial charge in [-0.05, 0) is 42.7 Å². The van der Waals surface area contributed by atoms with Gasteiger partial charge >= 0.3 is 0 Å². The van der Waals surface area contributed by atoms with E-state index in [4.69, 9.17) is 0 Å². The highest BCUT2D eigenvalue weighted by Gasteiger charge is 2.12. The third-order valence-electron chi connectivity index (χ3n) is 3.61. The van der Waals surface area contributed by atoms with Crippen LogP contribution in [0, 0.1) is 13.8 Å². The van der Waals surface area contributed by atoms with Crippen LogP contribution < -0.4 is 5.32 Å². The van der Waals surface area contributed by atoms with Gasteiger partial charge in [-0.3, -0.25) is 14.6 Å². The van der Waals surface area contributed by atoms with Crippen molar-refractivity contribution in [1.82, 2.24) is 9.88 Å². The number of nitrogens with one attached hydrogen (secondary N) is 1. The number of aromatic nitrogens is 1. The molecular weight excluding hydrogens is 302 g/mol. The molecule has 5 nitrogen and oxygen atoms in total. The SMILES string of the molecule is Cc1cccc(C)c1NC(=O)CN(C)C(=O)/C=C/c1cccnc1. The van der Waals surface area contributed by atoms with E-state index in [-0.39, 0.29) is 18.4 Å². The van der Waals surface area contributed by atoms with E-state index in [0.717, 1.165) is 22.4 Å². The molecule has 2 amide bonds. The number of hydrogen-bond acceptors (Lipinski definition) is 3. The zero-order valence-corrected chi connectivity index (χ0v) is 14.1. The number of aryl methyl sites for hydroxylation is 2. The molecule has 2 rings (SSSR count). The van der Waals surface area contributed by atoms with E-state index < -0.39 is 0 Å². The summed E-state index contributed by atoms with van der Waals surface area (Å²) in [5, 5.41) is 2.87. The average Bonchev–Trinajstić information content (AvgIpc) is 2.57. The minimum atomic E-state index is -0.240. The Morgan fingerprint density at radius 3 is 2.50 bits per heavy atom. The van der Waals surface area contributed by atoms with Crippen molar-refractivity contribution in [2.75, 3.05) is 18.9 Å². The van der Waals surface area contributed by atoms with E-state index in [2.05, 4.69) is 10.3 Å². The van der Waals surface area contributed by atoms with Crippen LogP contribution in [0.15, 0.2) is 48.8 Å². The van der Waals surface area contributed by atoms with Crippen molar-refractivity contribution in [3.05, 3.63) is 65.5 Å². The van der Waals surface area contributed by atoms with Crippen LogP contribution in [0.2, 0.25) is 0 Å². The van der Waals surface area contributed by atoms with E-state index in [1.54, 1.807) is 31.6 Å². The quantitative estimate of drug-likeness (QED) is 0.861. The molecule has 1 N–H and O–H groups in total. The van der Waals surface area contributed by atoms with Gasteiger partial charge in [-0.15, -0.1) is 0 Å². The zero-order valence-electron chi connectivity index (χ0n) is 14.1. The van der Waals surface area contributed by atoms with Crippen LogP contribution in [0.3, 0.4) is 0 Å². The number of amides is 2. The lowest BCUT2D eigenvalue weighted by molar-refractivity contribution is -0.129. The first-order chi connectivity index (χ1) is 11.5. The van der Waals surface area contributed by atoms with Gasteiger partial charge in [-0.25, -0.2) is 0 Å². The standard InChI is InChI=1S/C19H21N3O2/c1-14-6-4-7-15(2)19(14)21-17(23)13-22(3)18(24)10-9-16-8-5-11-20-12-16/h4-12H,13H2,1-3H3,(H,21,23)/b10-9+. The highest BCUT2D eigenvalue weighted by molar-refractivity contribution is 5.98. The fourth-order valence-corrected chi connectivity index (χ4v) is 2.25. The van der Waals surface area contributed by atoms with Crippen LogP contribution in [0.1, 0.15) is 16.7 Å². The molecule has 0 atom stereocenters. The summed E-state index contributed by atoms with van der Waals surface area (Å²) in [6.07, 6.45) is 6.44. The number of hydrogen-bond donors (Lipinski definition) is 1. The van der Waals surface area contributed by atoms with Crippen molar-refractivity contribution in [1.29, 1.82) is 0 Å². The van der Waals surface area contributed by atoms with Gasteiger partial charge in [0, 0.05) is 31.2 Å². The molecule has 24 heavy (non-hydrogen) atoms. The van der Waals surface area contributed by atoms with Gasteiger partial charge < -0.3 is 10.2 Å². The zero-order chi connectivity index (χ0) is 17.5. The summed E-state index contributed by atoms with van der Waals surface area (Å²) in [5.74, 6) is -0.464. The summed E-state index contributed by atoms with van der Waals surface area (Å²) in [7, 11) is 1.60. The molecule has 0 radical (unpaired) electrons. The first-order valence-corrected chi connectivity index (χ1v) is 7.66. The van der Waals surface area contributed by atoms with E-state index in [1.807, 2.05) is 38.1 Å². The smallest absolute Gasteiger partial charge is 0.246 e. The molecule has 0 aliphatic carbocycles. The number of anilines is 1. The highest BCUT2D eigenvalue weighted by atomic mass is 16.2. The molecule has 0 saturated carbocycles. The van der Waals surface area contributed by atoms with Gasteiger partial charge in [0.2, 0.25) is 11.8 Å². The number of carbonyl (C=O) groups is 2. The largest absolute Gasteiger partial charge is 0.333 e. The number of pyridine rings is 1. The Bertz CT molecular complexity index is 734. The summed E-state index contributed by atoms with van der Waals surface area (Å²) < 4.78 is 0. The summed E-state index contributed by atoms with van der Waals surface area (Å²) >= 11 is 0. The van der Waals surface area contributed by atoms with Crippen LogP contribution in [0.5, 0.6) is 0 Å². The van der Waals surface area contributed by atoms with E-state index in [1.165, 1.54) is 11.0 Å². The Hall–Kier alpha value is -2.95. The summed E-state index contributed by atoms with van der Waals surface area (Å²) in [6.45, 7) is 3.87. The van der Waals surface area contributed by atoms with Crippen molar-refractivity contribution in [2.24, 2.45) is 0 Å². The minimum absolute atomic E-state index is 0.00993. The molecule has 0 fully saturated rings. The van der Waals surface area contributed by atoms with Gasteiger partial charge in [0.05, 0.1) is 6.54 Å². The van der Waals surface area contributed by atoms with Gasteiger partial charge in [-0.1, -0.05) is 24.3 Å². The molecule has 2 aromatic rings. The monoisotopic (exact) mass is 323 g/mol. The molecule has 0 bridgehead atoms. The lowest BCUT2D eigenvalue weighted by atomic mass is 10.1. The number of rotatable bonds is 5. The molecule has 1 aromatic carbocycles. The molecule has 0 saturated heterocycles. The highest BCUT2D eigenvalue weighted by Crippen LogP contribution is 2.19. The van der Waals surface area contributed by atoms with Crippen LogP contribution in [0.4, 0.5) is 5.69 Å². The second-order valence-corrected chi connectivity index (χ2v) is 5.63. The number of para-hydroxylation sites is 1. The lowest BCUT2D eigenvalue weighted by Gasteiger charge is -2.16. The molecule has 0 spiro atoms. The predicted octanol–water partition coefficient (Wildman–Crippen LogP) is 2.81. The maximum Gasteiger partial charge on any atom is 0.246 e. The number of likely N-dealkylation sites (N-methyl/N-ethyl adjacent to an activating group) is 1. The average molecular weight is 323 g/mol. The Labute approximate surface area is 142 Å². The van der Waals surface area contributed by atoms with E-state index >= 15 is 0 Å². The van der Waals surface area contributed by atoms with Gasteiger partial charge in [0.15, 0.2) is 0 Å². The Balaban J connectivity index is 1.93. The number of carbonyl (C=O) groups excluding carboxylic acids is 2. The van der Waals surface area contributed by atoms with Crippen molar-refractivity contribution < 1.29 is 9.59 Å². The summed E-state index contributed by atoms with van der Waals surface area (Å²) in [6, 6.07) is 9.47. The van der Waals surface area contributed by atoms with E-state index in [0.29, 0.717) is 0 Å². The fraction of sp³-hybridized carbons (Fsp3) is 0.211. The Morgan fingerprint density at radius 2 is 1.88 bits per heavy atom. The third-order valence-corrected chi connectivity index (χ3v) is 3.61. The van der Waals surface area contributed by atoms with Gasteiger partial charge in [-0.2, -0.15) is 0 Å². The number of nitrogens with zero attached hydrogens (tertiary/aromatic N) is 2. The van der Waals surface area contributed by atoms with Crippen molar-refractivity contribution in [2.45, 2.75) is 13.8 Å². The van der Waals surface area contributed by atoms with Gasteiger partial charge in [0.25, 0.3) is 0 Å². The van der Waals surface area contributed by atoms with Crippen LogP contribution >= 0.6 is 0 Å². The molecule has 124 valence electrons. The Morgan fingerprint density at radius 1 is 1.17 bits per heavy atom. The van der Waals surface area contributed by atoms with Crippen molar-refractivity contribution in [3.8, 4) is 0 Å². The topological polar surface area (TPSA) is 62.3 Å². The van der Waals surface area contributed by atoms with Crippen molar-refractivity contribution >= 4 is 23.6 Å². The third kappa shape index (κ3) is 4.78.